The van der Waals surface area contributed by atoms with Gasteiger partial charge in [-0.3, -0.25) is 4.79 Å². The standard InChI is InChI=1S/C19H21NO3/c1-13-6-5-7-17(14(13)2)20-11-10-18(21)16-12-15(22-3)8-9-19(16)23-4/h5-12,20H,1-4H3/b11-10+. The highest BCUT2D eigenvalue weighted by Crippen LogP contribution is 2.25. The van der Waals surface area contributed by atoms with Gasteiger partial charge >= 0.3 is 0 Å². The van der Waals surface area contributed by atoms with Gasteiger partial charge in [-0.15, -0.1) is 0 Å². The molecule has 0 fully saturated rings. The van der Waals surface area contributed by atoms with Gasteiger partial charge in [0.25, 0.3) is 0 Å². The first-order valence-corrected chi connectivity index (χ1v) is 7.32. The normalized spacial score (nSPS) is 10.6. The number of hydrogen-bond acceptors (Lipinski definition) is 4. The van der Waals surface area contributed by atoms with Crippen molar-refractivity contribution in [2.75, 3.05) is 19.5 Å². The van der Waals surface area contributed by atoms with Gasteiger partial charge < -0.3 is 14.8 Å². The molecule has 0 saturated carbocycles. The summed E-state index contributed by atoms with van der Waals surface area (Å²) in [6.45, 7) is 4.09. The van der Waals surface area contributed by atoms with E-state index in [0.29, 0.717) is 17.1 Å². The minimum absolute atomic E-state index is 0.154. The molecule has 2 aromatic carbocycles. The third kappa shape index (κ3) is 3.92. The number of methoxy groups -OCH3 is 2. The third-order valence-corrected chi connectivity index (χ3v) is 3.75. The molecular formula is C19H21NO3. The monoisotopic (exact) mass is 311 g/mol. The van der Waals surface area contributed by atoms with Crippen LogP contribution >= 0.6 is 0 Å². The van der Waals surface area contributed by atoms with Crippen LogP contribution < -0.4 is 14.8 Å². The highest BCUT2D eigenvalue weighted by Gasteiger charge is 2.11. The Morgan fingerprint density at radius 3 is 2.57 bits per heavy atom. The zero-order valence-corrected chi connectivity index (χ0v) is 13.8. The Kier molecular flexibility index (Phi) is 5.41. The molecule has 0 aromatic heterocycles. The summed E-state index contributed by atoms with van der Waals surface area (Å²) in [4.78, 5) is 12.4. The lowest BCUT2D eigenvalue weighted by molar-refractivity contribution is 0.104. The van der Waals surface area contributed by atoms with Crippen molar-refractivity contribution in [1.82, 2.24) is 0 Å². The number of rotatable bonds is 6. The summed E-state index contributed by atoms with van der Waals surface area (Å²) in [6.07, 6.45) is 3.13. The quantitative estimate of drug-likeness (QED) is 0.643. The first-order valence-electron chi connectivity index (χ1n) is 7.32. The van der Waals surface area contributed by atoms with Gasteiger partial charge in [0.1, 0.15) is 11.5 Å². The van der Waals surface area contributed by atoms with Crippen molar-refractivity contribution in [3.8, 4) is 11.5 Å². The Morgan fingerprint density at radius 2 is 1.87 bits per heavy atom. The van der Waals surface area contributed by atoms with Crippen molar-refractivity contribution in [3.05, 3.63) is 65.4 Å². The SMILES string of the molecule is COc1ccc(OC)c(C(=O)/C=C/Nc2cccc(C)c2C)c1. The number of nitrogens with one attached hydrogen (secondary N) is 1. The number of aryl methyl sites for hydroxylation is 1. The molecule has 0 spiro atoms. The van der Waals surface area contributed by atoms with E-state index in [9.17, 15) is 4.79 Å². The molecule has 0 radical (unpaired) electrons. The molecule has 0 heterocycles. The molecule has 0 aliphatic heterocycles. The molecule has 0 bridgehead atoms. The molecule has 23 heavy (non-hydrogen) atoms. The topological polar surface area (TPSA) is 47.6 Å². The van der Waals surface area contributed by atoms with Crippen LogP contribution in [0.25, 0.3) is 0 Å². The maximum atomic E-state index is 12.4. The summed E-state index contributed by atoms with van der Waals surface area (Å²) in [5.41, 5.74) is 3.80. The van der Waals surface area contributed by atoms with Crippen LogP contribution in [0.3, 0.4) is 0 Å². The van der Waals surface area contributed by atoms with E-state index < -0.39 is 0 Å². The second-order valence-electron chi connectivity index (χ2n) is 5.16. The van der Waals surface area contributed by atoms with Crippen molar-refractivity contribution in [2.45, 2.75) is 13.8 Å². The molecule has 0 amide bonds. The molecule has 0 saturated heterocycles. The van der Waals surface area contributed by atoms with E-state index in [4.69, 9.17) is 9.47 Å². The molecule has 0 aliphatic carbocycles. The van der Waals surface area contributed by atoms with Crippen molar-refractivity contribution >= 4 is 11.5 Å². The molecular weight excluding hydrogens is 290 g/mol. The summed E-state index contributed by atoms with van der Waals surface area (Å²) in [6, 6.07) is 11.2. The van der Waals surface area contributed by atoms with Crippen LogP contribution in [0.4, 0.5) is 5.69 Å². The van der Waals surface area contributed by atoms with E-state index in [1.165, 1.54) is 18.7 Å². The number of carbonyl (C=O) groups is 1. The Morgan fingerprint density at radius 1 is 1.09 bits per heavy atom. The van der Waals surface area contributed by atoms with Crippen LogP contribution in [0.1, 0.15) is 21.5 Å². The minimum Gasteiger partial charge on any atom is -0.497 e. The first kappa shape index (κ1) is 16.6. The highest BCUT2D eigenvalue weighted by atomic mass is 16.5. The molecule has 0 aliphatic rings. The predicted octanol–water partition coefficient (Wildman–Crippen LogP) is 4.13. The van der Waals surface area contributed by atoms with Crippen LogP contribution in [-0.2, 0) is 0 Å². The lowest BCUT2D eigenvalue weighted by atomic mass is 10.1. The Bertz CT molecular complexity index is 735. The molecule has 2 rings (SSSR count). The fraction of sp³-hybridized carbons (Fsp3) is 0.211. The molecule has 0 atom stereocenters. The summed E-state index contributed by atoms with van der Waals surface area (Å²) >= 11 is 0. The first-order chi connectivity index (χ1) is 11.1. The maximum absolute atomic E-state index is 12.4. The molecule has 2 aromatic rings. The van der Waals surface area contributed by atoms with Crippen LogP contribution in [-0.4, -0.2) is 20.0 Å². The van der Waals surface area contributed by atoms with E-state index in [2.05, 4.69) is 18.3 Å². The summed E-state index contributed by atoms with van der Waals surface area (Å²) in [5, 5.41) is 3.15. The number of benzene rings is 2. The lowest BCUT2D eigenvalue weighted by Gasteiger charge is -2.09. The number of carbonyl (C=O) groups excluding carboxylic acids is 1. The smallest absolute Gasteiger partial charge is 0.191 e. The van der Waals surface area contributed by atoms with Gasteiger partial charge in [-0.2, -0.15) is 0 Å². The molecule has 0 unspecified atom stereocenters. The van der Waals surface area contributed by atoms with Crippen molar-refractivity contribution in [2.24, 2.45) is 0 Å². The average molecular weight is 311 g/mol. The van der Waals surface area contributed by atoms with Crippen LogP contribution in [0.15, 0.2) is 48.7 Å². The number of ketones is 1. The number of hydrogen-bond donors (Lipinski definition) is 1. The largest absolute Gasteiger partial charge is 0.497 e. The fourth-order valence-corrected chi connectivity index (χ4v) is 2.21. The molecule has 4 heteroatoms. The van der Waals surface area contributed by atoms with Gasteiger partial charge in [0.05, 0.1) is 19.8 Å². The third-order valence-electron chi connectivity index (χ3n) is 3.75. The van der Waals surface area contributed by atoms with Gasteiger partial charge in [0.15, 0.2) is 5.78 Å². The highest BCUT2D eigenvalue weighted by molar-refractivity contribution is 6.07. The van der Waals surface area contributed by atoms with Crippen LogP contribution in [0, 0.1) is 13.8 Å². The van der Waals surface area contributed by atoms with Gasteiger partial charge in [0.2, 0.25) is 0 Å². The zero-order valence-electron chi connectivity index (χ0n) is 13.8. The second kappa shape index (κ2) is 7.49. The van der Waals surface area contributed by atoms with E-state index in [0.717, 1.165) is 11.3 Å². The summed E-state index contributed by atoms with van der Waals surface area (Å²) in [5.74, 6) is 0.982. The average Bonchev–Trinajstić information content (AvgIpc) is 2.57. The molecule has 4 nitrogen and oxygen atoms in total. The Hall–Kier alpha value is -2.75. The zero-order chi connectivity index (χ0) is 16.8. The van der Waals surface area contributed by atoms with Crippen LogP contribution in [0.5, 0.6) is 11.5 Å². The maximum Gasteiger partial charge on any atom is 0.191 e. The van der Waals surface area contributed by atoms with E-state index in [1.54, 1.807) is 31.5 Å². The molecule has 1 N–H and O–H groups in total. The Labute approximate surface area is 136 Å². The van der Waals surface area contributed by atoms with Gasteiger partial charge in [-0.25, -0.2) is 0 Å². The van der Waals surface area contributed by atoms with Gasteiger partial charge in [-0.05, 0) is 49.2 Å². The summed E-state index contributed by atoms with van der Waals surface area (Å²) < 4.78 is 10.4. The number of allylic oxidation sites excluding steroid dienone is 1. The van der Waals surface area contributed by atoms with Crippen molar-refractivity contribution < 1.29 is 14.3 Å². The molecule has 120 valence electrons. The van der Waals surface area contributed by atoms with Gasteiger partial charge in [-0.1, -0.05) is 12.1 Å². The van der Waals surface area contributed by atoms with E-state index >= 15 is 0 Å². The number of ether oxygens (including phenoxy) is 2. The predicted molar refractivity (Wildman–Crippen MR) is 92.6 cm³/mol. The van der Waals surface area contributed by atoms with E-state index in [1.807, 2.05) is 19.1 Å². The summed E-state index contributed by atoms with van der Waals surface area (Å²) in [7, 11) is 3.10. The second-order valence-corrected chi connectivity index (χ2v) is 5.16. The van der Waals surface area contributed by atoms with Crippen molar-refractivity contribution in [3.63, 3.8) is 0 Å². The number of anilines is 1. The minimum atomic E-state index is -0.154. The van der Waals surface area contributed by atoms with Gasteiger partial charge in [0, 0.05) is 18.0 Å². The van der Waals surface area contributed by atoms with Crippen LogP contribution in [0.2, 0.25) is 0 Å². The lowest BCUT2D eigenvalue weighted by Crippen LogP contribution is -2.01. The van der Waals surface area contributed by atoms with Crippen molar-refractivity contribution in [1.29, 1.82) is 0 Å². The Balaban J connectivity index is 2.17. The fourth-order valence-electron chi connectivity index (χ4n) is 2.21. The van der Waals surface area contributed by atoms with E-state index in [-0.39, 0.29) is 5.78 Å².